The van der Waals surface area contributed by atoms with Gasteiger partial charge in [0.05, 0.1) is 11.7 Å². The van der Waals surface area contributed by atoms with Crippen LogP contribution >= 0.6 is 0 Å². The molecule has 0 spiro atoms. The van der Waals surface area contributed by atoms with Gasteiger partial charge in [0.1, 0.15) is 0 Å². The van der Waals surface area contributed by atoms with E-state index >= 15 is 0 Å². The summed E-state index contributed by atoms with van der Waals surface area (Å²) in [6.07, 6.45) is 3.73. The molecule has 1 heterocycles. The second-order valence-electron chi connectivity index (χ2n) is 6.83. The van der Waals surface area contributed by atoms with Gasteiger partial charge in [0.15, 0.2) is 0 Å². The average molecular weight is 305 g/mol. The van der Waals surface area contributed by atoms with E-state index in [2.05, 4.69) is 0 Å². The number of rotatable bonds is 6. The maximum atomic E-state index is 12.5. The molecule has 1 atom stereocenters. The number of ether oxygens (including phenoxy) is 1. The first-order valence-corrected chi connectivity index (χ1v) is 8.03. The van der Waals surface area contributed by atoms with Gasteiger partial charge < -0.3 is 14.7 Å². The molecule has 0 radical (unpaired) electrons. The molecule has 1 aromatic rings. The number of aryl methyl sites for hydroxylation is 1. The van der Waals surface area contributed by atoms with Crippen LogP contribution in [0.5, 0.6) is 0 Å². The second kappa shape index (κ2) is 7.25. The van der Waals surface area contributed by atoms with Crippen molar-refractivity contribution < 1.29 is 14.6 Å². The monoisotopic (exact) mass is 305 g/mol. The summed E-state index contributed by atoms with van der Waals surface area (Å²) < 4.78 is 5.59. The lowest BCUT2D eigenvalue weighted by molar-refractivity contribution is 0.0587. The topological polar surface area (TPSA) is 49.8 Å². The summed E-state index contributed by atoms with van der Waals surface area (Å²) in [6, 6.07) is 7.69. The predicted molar refractivity (Wildman–Crippen MR) is 87.0 cm³/mol. The fraction of sp³-hybridized carbons (Fsp3) is 0.611. The van der Waals surface area contributed by atoms with E-state index in [0.29, 0.717) is 18.5 Å². The van der Waals surface area contributed by atoms with Crippen molar-refractivity contribution in [1.29, 1.82) is 0 Å². The van der Waals surface area contributed by atoms with Crippen molar-refractivity contribution >= 4 is 5.91 Å². The maximum absolute atomic E-state index is 12.5. The van der Waals surface area contributed by atoms with Crippen LogP contribution in [0.2, 0.25) is 0 Å². The molecular formula is C18H27NO3. The van der Waals surface area contributed by atoms with E-state index in [-0.39, 0.29) is 12.0 Å². The van der Waals surface area contributed by atoms with Gasteiger partial charge in [-0.25, -0.2) is 0 Å². The van der Waals surface area contributed by atoms with Gasteiger partial charge in [0, 0.05) is 25.8 Å². The Morgan fingerprint density at radius 1 is 1.45 bits per heavy atom. The molecule has 0 aliphatic carbocycles. The first kappa shape index (κ1) is 17.0. The lowest BCUT2D eigenvalue weighted by Gasteiger charge is -2.21. The van der Waals surface area contributed by atoms with E-state index in [0.717, 1.165) is 31.4 Å². The SMILES string of the molecule is CN(C[C@@H]1CCCO1)C(=O)c1cccc(CCC(C)(C)O)c1. The Labute approximate surface area is 133 Å². The van der Waals surface area contributed by atoms with Crippen LogP contribution in [0.3, 0.4) is 0 Å². The fourth-order valence-electron chi connectivity index (χ4n) is 2.71. The van der Waals surface area contributed by atoms with Gasteiger partial charge in [-0.2, -0.15) is 0 Å². The maximum Gasteiger partial charge on any atom is 0.253 e. The second-order valence-corrected chi connectivity index (χ2v) is 6.83. The van der Waals surface area contributed by atoms with E-state index in [4.69, 9.17) is 4.74 Å². The van der Waals surface area contributed by atoms with E-state index in [9.17, 15) is 9.90 Å². The van der Waals surface area contributed by atoms with Gasteiger partial charge in [-0.1, -0.05) is 12.1 Å². The minimum atomic E-state index is -0.684. The molecule has 1 aliphatic heterocycles. The van der Waals surface area contributed by atoms with Crippen LogP contribution in [-0.2, 0) is 11.2 Å². The molecule has 1 aromatic carbocycles. The summed E-state index contributed by atoms with van der Waals surface area (Å²) in [6.45, 7) is 5.06. The van der Waals surface area contributed by atoms with E-state index < -0.39 is 5.60 Å². The lowest BCUT2D eigenvalue weighted by atomic mass is 9.98. The Balaban J connectivity index is 1.96. The van der Waals surface area contributed by atoms with Crippen molar-refractivity contribution in [2.24, 2.45) is 0 Å². The highest BCUT2D eigenvalue weighted by molar-refractivity contribution is 5.94. The van der Waals surface area contributed by atoms with Crippen molar-refractivity contribution in [2.45, 2.75) is 51.2 Å². The van der Waals surface area contributed by atoms with Gasteiger partial charge in [0.25, 0.3) is 5.91 Å². The first-order valence-electron chi connectivity index (χ1n) is 8.03. The average Bonchev–Trinajstić information content (AvgIpc) is 2.97. The molecule has 0 unspecified atom stereocenters. The van der Waals surface area contributed by atoms with Gasteiger partial charge in [-0.05, 0) is 57.2 Å². The summed E-state index contributed by atoms with van der Waals surface area (Å²) in [4.78, 5) is 14.2. The third kappa shape index (κ3) is 5.11. The van der Waals surface area contributed by atoms with Crippen molar-refractivity contribution in [3.05, 3.63) is 35.4 Å². The Hall–Kier alpha value is -1.39. The number of hydrogen-bond acceptors (Lipinski definition) is 3. The molecule has 122 valence electrons. The largest absolute Gasteiger partial charge is 0.390 e. The number of nitrogens with zero attached hydrogens (tertiary/aromatic N) is 1. The van der Waals surface area contributed by atoms with E-state index in [1.54, 1.807) is 18.7 Å². The molecule has 22 heavy (non-hydrogen) atoms. The van der Waals surface area contributed by atoms with Crippen LogP contribution in [-0.4, -0.2) is 47.8 Å². The number of hydrogen-bond donors (Lipinski definition) is 1. The van der Waals surface area contributed by atoms with E-state index in [1.807, 2.05) is 31.3 Å². The van der Waals surface area contributed by atoms with Gasteiger partial charge in [-0.15, -0.1) is 0 Å². The van der Waals surface area contributed by atoms with Crippen LogP contribution in [0, 0.1) is 0 Å². The highest BCUT2D eigenvalue weighted by Crippen LogP contribution is 2.17. The Kier molecular flexibility index (Phi) is 5.59. The molecule has 0 bridgehead atoms. The molecule has 1 amide bonds. The number of likely N-dealkylation sites (N-methyl/N-ethyl adjacent to an activating group) is 1. The molecule has 0 aromatic heterocycles. The summed E-state index contributed by atoms with van der Waals surface area (Å²) in [5.41, 5.74) is 1.10. The summed E-state index contributed by atoms with van der Waals surface area (Å²) >= 11 is 0. The molecule has 1 N–H and O–H groups in total. The highest BCUT2D eigenvalue weighted by atomic mass is 16.5. The standard InChI is InChI=1S/C18H27NO3/c1-18(2,21)10-9-14-6-4-7-15(12-14)17(20)19(3)13-16-8-5-11-22-16/h4,6-7,12,16,21H,5,8-11,13H2,1-3H3/t16-/m0/s1. The van der Waals surface area contributed by atoms with Crippen molar-refractivity contribution in [2.75, 3.05) is 20.2 Å². The highest BCUT2D eigenvalue weighted by Gasteiger charge is 2.21. The molecule has 4 heteroatoms. The zero-order valence-electron chi connectivity index (χ0n) is 13.8. The predicted octanol–water partition coefficient (Wildman–Crippen LogP) is 2.64. The van der Waals surface area contributed by atoms with Crippen molar-refractivity contribution in [3.8, 4) is 0 Å². The molecule has 1 saturated heterocycles. The zero-order chi connectivity index (χ0) is 16.2. The van der Waals surface area contributed by atoms with Crippen LogP contribution in [0.1, 0.15) is 49.0 Å². The van der Waals surface area contributed by atoms with Gasteiger partial charge >= 0.3 is 0 Å². The normalized spacial score (nSPS) is 18.5. The van der Waals surface area contributed by atoms with Crippen LogP contribution in [0.15, 0.2) is 24.3 Å². The van der Waals surface area contributed by atoms with Crippen LogP contribution < -0.4 is 0 Å². The molecule has 1 aliphatic rings. The number of amides is 1. The van der Waals surface area contributed by atoms with Gasteiger partial charge in [0.2, 0.25) is 0 Å². The number of carbonyl (C=O) groups is 1. The lowest BCUT2D eigenvalue weighted by Crippen LogP contribution is -2.34. The summed E-state index contributed by atoms with van der Waals surface area (Å²) in [7, 11) is 1.83. The smallest absolute Gasteiger partial charge is 0.253 e. The molecular weight excluding hydrogens is 278 g/mol. The van der Waals surface area contributed by atoms with Crippen LogP contribution in [0.4, 0.5) is 0 Å². The Morgan fingerprint density at radius 3 is 2.86 bits per heavy atom. The first-order chi connectivity index (χ1) is 10.3. The van der Waals surface area contributed by atoms with E-state index in [1.165, 1.54) is 0 Å². The molecule has 2 rings (SSSR count). The Bertz CT molecular complexity index is 501. The quantitative estimate of drug-likeness (QED) is 0.879. The van der Waals surface area contributed by atoms with Crippen LogP contribution in [0.25, 0.3) is 0 Å². The molecule has 1 fully saturated rings. The third-order valence-electron chi connectivity index (χ3n) is 4.05. The minimum absolute atomic E-state index is 0.0283. The van der Waals surface area contributed by atoms with Crippen molar-refractivity contribution in [1.82, 2.24) is 4.90 Å². The van der Waals surface area contributed by atoms with Gasteiger partial charge in [-0.3, -0.25) is 4.79 Å². The summed E-state index contributed by atoms with van der Waals surface area (Å²) in [5, 5.41) is 9.82. The Morgan fingerprint density at radius 2 is 2.23 bits per heavy atom. The summed E-state index contributed by atoms with van der Waals surface area (Å²) in [5.74, 6) is 0.0283. The fourth-order valence-corrected chi connectivity index (χ4v) is 2.71. The molecule has 4 nitrogen and oxygen atoms in total. The third-order valence-corrected chi connectivity index (χ3v) is 4.05. The number of carbonyl (C=O) groups excluding carboxylic acids is 1. The molecule has 0 saturated carbocycles. The zero-order valence-corrected chi connectivity index (χ0v) is 13.8. The minimum Gasteiger partial charge on any atom is -0.390 e. The number of aliphatic hydroxyl groups is 1. The van der Waals surface area contributed by atoms with Crippen molar-refractivity contribution in [3.63, 3.8) is 0 Å². The number of benzene rings is 1.